The van der Waals surface area contributed by atoms with Crippen LogP contribution in [0.4, 0.5) is 10.1 Å². The Morgan fingerprint density at radius 1 is 1.32 bits per heavy atom. The quantitative estimate of drug-likeness (QED) is 0.562. The summed E-state index contributed by atoms with van der Waals surface area (Å²) in [6, 6.07) is 9.84. The fourth-order valence-corrected chi connectivity index (χ4v) is 3.84. The van der Waals surface area contributed by atoms with E-state index < -0.39 is 5.91 Å². The van der Waals surface area contributed by atoms with Gasteiger partial charge in [-0.05, 0) is 63.6 Å². The van der Waals surface area contributed by atoms with Crippen molar-refractivity contribution in [3.8, 4) is 0 Å². The van der Waals surface area contributed by atoms with Crippen molar-refractivity contribution < 1.29 is 9.18 Å². The van der Waals surface area contributed by atoms with Gasteiger partial charge in [-0.2, -0.15) is 5.10 Å². The minimum Gasteiger partial charge on any atom is -0.363 e. The van der Waals surface area contributed by atoms with Crippen molar-refractivity contribution in [1.29, 1.82) is 0 Å². The summed E-state index contributed by atoms with van der Waals surface area (Å²) in [7, 11) is 0. The van der Waals surface area contributed by atoms with Crippen LogP contribution in [0.25, 0.3) is 5.57 Å². The SMILES string of the molecule is CCN1c2cc(F)c(/C=N\NC(=O)c3cccc(Cl)c3)cc2C(C)=CC1(C)C. The van der Waals surface area contributed by atoms with Crippen LogP contribution in [-0.2, 0) is 0 Å². The number of benzene rings is 2. The van der Waals surface area contributed by atoms with E-state index in [9.17, 15) is 9.18 Å². The Labute approximate surface area is 169 Å². The predicted octanol–water partition coefficient (Wildman–Crippen LogP) is 5.26. The van der Waals surface area contributed by atoms with Crippen LogP contribution < -0.4 is 10.3 Å². The first kappa shape index (κ1) is 20.1. The standard InChI is InChI=1S/C22H23ClFN3O/c1-5-27-20-11-19(24)16(10-18(20)14(2)12-22(27,3)4)13-25-26-21(28)15-7-6-8-17(23)9-15/h6-13H,5H2,1-4H3,(H,26,28)/b25-13-. The molecular formula is C22H23ClFN3O. The van der Waals surface area contributed by atoms with Gasteiger partial charge in [-0.1, -0.05) is 23.7 Å². The summed E-state index contributed by atoms with van der Waals surface area (Å²) >= 11 is 5.89. The summed E-state index contributed by atoms with van der Waals surface area (Å²) < 4.78 is 14.7. The molecule has 0 aromatic heterocycles. The third kappa shape index (κ3) is 3.94. The monoisotopic (exact) mass is 399 g/mol. The number of anilines is 1. The fraction of sp³-hybridized carbons (Fsp3) is 0.273. The Morgan fingerprint density at radius 3 is 2.75 bits per heavy atom. The van der Waals surface area contributed by atoms with Crippen LogP contribution in [0.2, 0.25) is 5.02 Å². The van der Waals surface area contributed by atoms with Gasteiger partial charge in [-0.15, -0.1) is 0 Å². The lowest BCUT2D eigenvalue weighted by atomic mass is 9.88. The number of carbonyl (C=O) groups is 1. The Kier molecular flexibility index (Phi) is 5.57. The van der Waals surface area contributed by atoms with E-state index in [1.54, 1.807) is 30.3 Å². The van der Waals surface area contributed by atoms with Crippen LogP contribution in [0.5, 0.6) is 0 Å². The molecule has 0 saturated heterocycles. The van der Waals surface area contributed by atoms with Gasteiger partial charge in [-0.3, -0.25) is 4.79 Å². The number of nitrogens with one attached hydrogen (secondary N) is 1. The maximum atomic E-state index is 14.7. The molecule has 0 atom stereocenters. The zero-order valence-electron chi connectivity index (χ0n) is 16.4. The van der Waals surface area contributed by atoms with Gasteiger partial charge in [0.05, 0.1) is 11.8 Å². The van der Waals surface area contributed by atoms with E-state index in [1.165, 1.54) is 12.3 Å². The average molecular weight is 400 g/mol. The summed E-state index contributed by atoms with van der Waals surface area (Å²) in [6.07, 6.45) is 3.50. The molecule has 1 aliphatic heterocycles. The third-order valence-electron chi connectivity index (χ3n) is 4.87. The van der Waals surface area contributed by atoms with Crippen molar-refractivity contribution in [1.82, 2.24) is 5.43 Å². The molecular weight excluding hydrogens is 377 g/mol. The van der Waals surface area contributed by atoms with Gasteiger partial charge in [0.2, 0.25) is 0 Å². The van der Waals surface area contributed by atoms with E-state index in [2.05, 4.69) is 42.3 Å². The highest BCUT2D eigenvalue weighted by Crippen LogP contribution is 2.39. The summed E-state index contributed by atoms with van der Waals surface area (Å²) in [4.78, 5) is 14.3. The van der Waals surface area contributed by atoms with Crippen molar-refractivity contribution in [2.24, 2.45) is 5.10 Å². The zero-order chi connectivity index (χ0) is 20.5. The molecule has 2 aromatic rings. The van der Waals surface area contributed by atoms with Crippen LogP contribution in [0, 0.1) is 5.82 Å². The summed E-state index contributed by atoms with van der Waals surface area (Å²) in [5, 5.41) is 4.37. The highest BCUT2D eigenvalue weighted by atomic mass is 35.5. The minimum absolute atomic E-state index is 0.182. The van der Waals surface area contributed by atoms with E-state index >= 15 is 0 Å². The van der Waals surface area contributed by atoms with Crippen LogP contribution in [0.3, 0.4) is 0 Å². The van der Waals surface area contributed by atoms with Gasteiger partial charge < -0.3 is 4.90 Å². The van der Waals surface area contributed by atoms with Crippen molar-refractivity contribution in [2.75, 3.05) is 11.4 Å². The normalized spacial score (nSPS) is 15.4. The number of hydrogen-bond acceptors (Lipinski definition) is 3. The summed E-state index contributed by atoms with van der Waals surface area (Å²) in [5.41, 5.74) is 5.84. The van der Waals surface area contributed by atoms with E-state index in [-0.39, 0.29) is 11.4 Å². The highest BCUT2D eigenvalue weighted by molar-refractivity contribution is 6.30. The molecule has 0 spiro atoms. The maximum Gasteiger partial charge on any atom is 0.271 e. The maximum absolute atomic E-state index is 14.7. The number of fused-ring (bicyclic) bond motifs is 1. The van der Waals surface area contributed by atoms with Gasteiger partial charge in [-0.25, -0.2) is 9.82 Å². The highest BCUT2D eigenvalue weighted by Gasteiger charge is 2.30. The molecule has 1 N–H and O–H groups in total. The number of rotatable bonds is 4. The fourth-order valence-electron chi connectivity index (χ4n) is 3.65. The number of allylic oxidation sites excluding steroid dienone is 1. The molecule has 0 bridgehead atoms. The predicted molar refractivity (Wildman–Crippen MR) is 114 cm³/mol. The van der Waals surface area contributed by atoms with Gasteiger partial charge in [0.1, 0.15) is 5.82 Å². The van der Waals surface area contributed by atoms with Gasteiger partial charge in [0.25, 0.3) is 5.91 Å². The van der Waals surface area contributed by atoms with Crippen LogP contribution in [-0.4, -0.2) is 24.2 Å². The summed E-state index contributed by atoms with van der Waals surface area (Å²) in [5.74, 6) is -0.796. The summed E-state index contributed by atoms with van der Waals surface area (Å²) in [6.45, 7) is 9.07. The molecule has 1 amide bonds. The molecule has 0 unspecified atom stereocenters. The zero-order valence-corrected chi connectivity index (χ0v) is 17.1. The molecule has 0 saturated carbocycles. The number of halogens is 2. The molecule has 146 valence electrons. The first-order chi connectivity index (χ1) is 13.2. The second kappa shape index (κ2) is 7.76. The minimum atomic E-state index is -0.410. The lowest BCUT2D eigenvalue weighted by Gasteiger charge is -2.42. The molecule has 6 heteroatoms. The van der Waals surface area contributed by atoms with E-state index in [4.69, 9.17) is 11.6 Å². The Bertz CT molecular complexity index is 982. The molecule has 4 nitrogen and oxygen atoms in total. The van der Waals surface area contributed by atoms with Crippen molar-refractivity contribution in [3.05, 3.63) is 70.0 Å². The van der Waals surface area contributed by atoms with Crippen LogP contribution in [0.15, 0.2) is 47.6 Å². The number of likely N-dealkylation sites (N-methyl/N-ethyl adjacent to an activating group) is 1. The third-order valence-corrected chi connectivity index (χ3v) is 5.10. The largest absolute Gasteiger partial charge is 0.363 e. The van der Waals surface area contributed by atoms with Crippen molar-refractivity contribution in [2.45, 2.75) is 33.2 Å². The molecule has 1 heterocycles. The first-order valence-electron chi connectivity index (χ1n) is 9.13. The second-order valence-electron chi connectivity index (χ2n) is 7.33. The van der Waals surface area contributed by atoms with Crippen molar-refractivity contribution in [3.63, 3.8) is 0 Å². The molecule has 0 radical (unpaired) electrons. The average Bonchev–Trinajstić information content (AvgIpc) is 2.62. The molecule has 3 rings (SSSR count). The Morgan fingerprint density at radius 2 is 2.07 bits per heavy atom. The van der Waals surface area contributed by atoms with Crippen molar-refractivity contribution >= 4 is 35.0 Å². The lowest BCUT2D eigenvalue weighted by molar-refractivity contribution is 0.0955. The molecule has 0 fully saturated rings. The first-order valence-corrected chi connectivity index (χ1v) is 9.50. The second-order valence-corrected chi connectivity index (χ2v) is 7.76. The number of hydrazone groups is 1. The lowest BCUT2D eigenvalue weighted by Crippen LogP contribution is -2.45. The van der Waals surface area contributed by atoms with Crippen LogP contribution in [0.1, 0.15) is 49.2 Å². The number of nitrogens with zero attached hydrogens (tertiary/aromatic N) is 2. The van der Waals surface area contributed by atoms with Gasteiger partial charge in [0, 0.05) is 33.9 Å². The number of amides is 1. The molecule has 0 aliphatic carbocycles. The van der Waals surface area contributed by atoms with E-state index in [1.807, 2.05) is 6.92 Å². The smallest absolute Gasteiger partial charge is 0.271 e. The number of carbonyl (C=O) groups excluding carboxylic acids is 1. The van der Waals surface area contributed by atoms with Crippen LogP contribution >= 0.6 is 11.6 Å². The number of hydrogen-bond donors (Lipinski definition) is 1. The Balaban J connectivity index is 1.85. The molecule has 2 aromatic carbocycles. The topological polar surface area (TPSA) is 44.7 Å². The van der Waals surface area contributed by atoms with Gasteiger partial charge in [0.15, 0.2) is 0 Å². The Hall–Kier alpha value is -2.66. The molecule has 1 aliphatic rings. The van der Waals surface area contributed by atoms with E-state index in [0.29, 0.717) is 16.1 Å². The molecule has 28 heavy (non-hydrogen) atoms. The van der Waals surface area contributed by atoms with E-state index in [0.717, 1.165) is 23.4 Å². The van der Waals surface area contributed by atoms with Gasteiger partial charge >= 0.3 is 0 Å².